The molecule has 0 N–H and O–H groups in total. The summed E-state index contributed by atoms with van der Waals surface area (Å²) in [6.45, 7) is 0. The zero-order valence-electron chi connectivity index (χ0n) is 22.5. The van der Waals surface area contributed by atoms with Gasteiger partial charge in [-0.1, -0.05) is 115 Å². The first-order chi connectivity index (χ1) is 20.8. The highest BCUT2D eigenvalue weighted by Crippen LogP contribution is 2.45. The Morgan fingerprint density at radius 2 is 1.07 bits per heavy atom. The Kier molecular flexibility index (Phi) is 5.07. The molecule has 0 aliphatic carbocycles. The summed E-state index contributed by atoms with van der Waals surface area (Å²) in [5.74, 6) is 0.673. The maximum Gasteiger partial charge on any atom is 0.235 e. The van der Waals surface area contributed by atoms with Crippen molar-refractivity contribution in [2.24, 2.45) is 0 Å². The van der Waals surface area contributed by atoms with Crippen LogP contribution in [0.4, 0.5) is 0 Å². The van der Waals surface area contributed by atoms with Crippen LogP contribution >= 0.6 is 11.3 Å². The number of nitrogens with zero attached hydrogens (tertiary/aromatic N) is 3. The van der Waals surface area contributed by atoms with E-state index in [1.807, 2.05) is 12.1 Å². The number of fused-ring (bicyclic) bond motifs is 10. The molecule has 0 radical (unpaired) electrons. The van der Waals surface area contributed by atoms with Gasteiger partial charge in [0.1, 0.15) is 0 Å². The summed E-state index contributed by atoms with van der Waals surface area (Å²) in [6.07, 6.45) is 0. The fraction of sp³-hybridized carbons (Fsp3) is 0. The molecule has 0 unspecified atom stereocenters. The molecule has 0 saturated heterocycles. The van der Waals surface area contributed by atoms with Gasteiger partial charge < -0.3 is 0 Å². The van der Waals surface area contributed by atoms with E-state index in [0.717, 1.165) is 33.5 Å². The molecule has 3 nitrogen and oxygen atoms in total. The average molecular weight is 554 g/mol. The molecule has 4 heteroatoms. The third kappa shape index (κ3) is 3.39. The maximum absolute atomic E-state index is 5.28. The van der Waals surface area contributed by atoms with Gasteiger partial charge >= 0.3 is 0 Å². The fourth-order valence-electron chi connectivity index (χ4n) is 6.43. The van der Waals surface area contributed by atoms with Gasteiger partial charge in [-0.25, -0.2) is 9.97 Å². The average Bonchev–Trinajstić information content (AvgIpc) is 3.69. The minimum atomic E-state index is 0.673. The lowest BCUT2D eigenvalue weighted by Gasteiger charge is -2.13. The van der Waals surface area contributed by atoms with Crippen LogP contribution in [0, 0.1) is 0 Å². The Bertz CT molecular complexity index is 2400. The van der Waals surface area contributed by atoms with Gasteiger partial charge in [-0.05, 0) is 45.1 Å². The molecule has 6 aromatic carbocycles. The van der Waals surface area contributed by atoms with E-state index >= 15 is 0 Å². The van der Waals surface area contributed by atoms with Crippen LogP contribution in [-0.4, -0.2) is 14.5 Å². The van der Waals surface area contributed by atoms with Crippen LogP contribution in [0.3, 0.4) is 0 Å². The Balaban J connectivity index is 1.52. The van der Waals surface area contributed by atoms with Gasteiger partial charge in [0.05, 0.1) is 22.4 Å². The van der Waals surface area contributed by atoms with Gasteiger partial charge in [-0.15, -0.1) is 11.3 Å². The molecule has 0 aliphatic rings. The van der Waals surface area contributed by atoms with E-state index < -0.39 is 0 Å². The first-order valence-corrected chi connectivity index (χ1v) is 15.0. The summed E-state index contributed by atoms with van der Waals surface area (Å²) < 4.78 is 3.59. The van der Waals surface area contributed by atoms with E-state index in [-0.39, 0.29) is 0 Å². The number of hydrogen-bond acceptors (Lipinski definition) is 3. The number of benzene rings is 6. The summed E-state index contributed by atoms with van der Waals surface area (Å²) in [6, 6.07) is 47.1. The van der Waals surface area contributed by atoms with Crippen LogP contribution in [0.15, 0.2) is 139 Å². The molecule has 0 fully saturated rings. The Morgan fingerprint density at radius 1 is 0.500 bits per heavy atom. The van der Waals surface area contributed by atoms with Gasteiger partial charge in [0, 0.05) is 32.0 Å². The molecule has 0 saturated carbocycles. The first kappa shape index (κ1) is 23.4. The van der Waals surface area contributed by atoms with Crippen LogP contribution in [0.25, 0.3) is 81.9 Å². The van der Waals surface area contributed by atoms with Crippen molar-refractivity contribution in [3.05, 3.63) is 139 Å². The highest BCUT2D eigenvalue weighted by Gasteiger charge is 2.23. The first-order valence-electron chi connectivity index (χ1n) is 14.1. The zero-order chi connectivity index (χ0) is 27.6. The van der Waals surface area contributed by atoms with Crippen molar-refractivity contribution in [1.29, 1.82) is 0 Å². The van der Waals surface area contributed by atoms with Crippen LogP contribution in [0.1, 0.15) is 0 Å². The van der Waals surface area contributed by atoms with Crippen LogP contribution in [-0.2, 0) is 0 Å². The van der Waals surface area contributed by atoms with Crippen molar-refractivity contribution in [2.45, 2.75) is 0 Å². The standard InChI is InChI=1S/C38H23N3S/c1-3-11-24(12-4-1)31-23-32(25-13-5-2-6-14-25)40-38(39-31)41-33-20-19-26-21-22-42-37(26)35(33)34-29-17-9-7-15-27(29)28-16-8-10-18-30(28)36(34)41/h1-23H. The van der Waals surface area contributed by atoms with E-state index in [1.165, 1.54) is 42.4 Å². The SMILES string of the molecule is c1ccc(-c2cc(-c3ccccc3)nc(-n3c4ccc5ccsc5c4c4c5ccccc5c5ccccc5c43)n2)cc1. The van der Waals surface area contributed by atoms with Crippen molar-refractivity contribution in [3.8, 4) is 28.5 Å². The molecule has 3 aromatic heterocycles. The molecule has 0 amide bonds. The fourth-order valence-corrected chi connectivity index (χ4v) is 7.38. The maximum atomic E-state index is 5.28. The second-order valence-corrected chi connectivity index (χ2v) is 11.5. The zero-order valence-corrected chi connectivity index (χ0v) is 23.3. The van der Waals surface area contributed by atoms with E-state index in [2.05, 4.69) is 131 Å². The normalized spacial score (nSPS) is 11.8. The van der Waals surface area contributed by atoms with Crippen molar-refractivity contribution < 1.29 is 0 Å². The topological polar surface area (TPSA) is 30.7 Å². The summed E-state index contributed by atoms with van der Waals surface area (Å²) in [7, 11) is 0. The lowest BCUT2D eigenvalue weighted by molar-refractivity contribution is 0.998. The van der Waals surface area contributed by atoms with Gasteiger partial charge in [-0.2, -0.15) is 0 Å². The van der Waals surface area contributed by atoms with Gasteiger partial charge in [0.25, 0.3) is 0 Å². The Morgan fingerprint density at radius 3 is 1.74 bits per heavy atom. The molecular formula is C38H23N3S. The minimum Gasteiger partial charge on any atom is -0.277 e. The largest absolute Gasteiger partial charge is 0.277 e. The summed E-state index contributed by atoms with van der Waals surface area (Å²) in [5, 5.41) is 10.9. The molecule has 0 spiro atoms. The van der Waals surface area contributed by atoms with Crippen LogP contribution in [0.5, 0.6) is 0 Å². The smallest absolute Gasteiger partial charge is 0.235 e. The quantitative estimate of drug-likeness (QED) is 0.204. The van der Waals surface area contributed by atoms with E-state index in [9.17, 15) is 0 Å². The molecule has 0 atom stereocenters. The molecule has 0 bridgehead atoms. The second kappa shape index (κ2) is 9.10. The summed E-state index contributed by atoms with van der Waals surface area (Å²) >= 11 is 1.80. The number of hydrogen-bond donors (Lipinski definition) is 0. The molecule has 196 valence electrons. The predicted octanol–water partition coefficient (Wildman–Crippen LogP) is 10.4. The predicted molar refractivity (Wildman–Crippen MR) is 178 cm³/mol. The van der Waals surface area contributed by atoms with E-state index in [4.69, 9.17) is 9.97 Å². The third-order valence-electron chi connectivity index (χ3n) is 8.27. The second-order valence-electron chi connectivity index (χ2n) is 10.6. The highest BCUT2D eigenvalue weighted by molar-refractivity contribution is 7.18. The minimum absolute atomic E-state index is 0.673. The van der Waals surface area contributed by atoms with Crippen LogP contribution in [0.2, 0.25) is 0 Å². The van der Waals surface area contributed by atoms with E-state index in [1.54, 1.807) is 11.3 Å². The van der Waals surface area contributed by atoms with Crippen LogP contribution < -0.4 is 0 Å². The molecule has 9 aromatic rings. The van der Waals surface area contributed by atoms with Crippen molar-refractivity contribution in [1.82, 2.24) is 14.5 Å². The van der Waals surface area contributed by atoms with Crippen molar-refractivity contribution in [3.63, 3.8) is 0 Å². The molecular weight excluding hydrogens is 531 g/mol. The lowest BCUT2D eigenvalue weighted by Crippen LogP contribution is -2.04. The van der Waals surface area contributed by atoms with E-state index in [0.29, 0.717) is 5.95 Å². The van der Waals surface area contributed by atoms with Gasteiger partial charge in [0.2, 0.25) is 5.95 Å². The number of aromatic nitrogens is 3. The number of rotatable bonds is 3. The molecule has 9 rings (SSSR count). The van der Waals surface area contributed by atoms with Gasteiger partial charge in [-0.3, -0.25) is 4.57 Å². The molecule has 42 heavy (non-hydrogen) atoms. The van der Waals surface area contributed by atoms with Gasteiger partial charge in [0.15, 0.2) is 0 Å². The van der Waals surface area contributed by atoms with Crippen molar-refractivity contribution in [2.75, 3.05) is 0 Å². The lowest BCUT2D eigenvalue weighted by atomic mass is 9.96. The highest BCUT2D eigenvalue weighted by atomic mass is 32.1. The Hall–Kier alpha value is -5.32. The summed E-state index contributed by atoms with van der Waals surface area (Å²) in [5.41, 5.74) is 6.19. The third-order valence-corrected chi connectivity index (χ3v) is 9.22. The molecule has 3 heterocycles. The molecule has 0 aliphatic heterocycles. The Labute approximate surface area is 246 Å². The van der Waals surface area contributed by atoms with Crippen molar-refractivity contribution >= 4 is 64.8 Å². The number of thiophene rings is 1. The summed E-state index contributed by atoms with van der Waals surface area (Å²) in [4.78, 5) is 10.6. The monoisotopic (exact) mass is 553 g/mol.